The highest BCUT2D eigenvalue weighted by Gasteiger charge is 2.19. The lowest BCUT2D eigenvalue weighted by Gasteiger charge is -2.12. The van der Waals surface area contributed by atoms with Crippen molar-refractivity contribution in [2.75, 3.05) is 18.0 Å². The molecule has 0 radical (unpaired) electrons. The number of ketones is 1. The second-order valence-electron chi connectivity index (χ2n) is 4.67. The molecule has 1 fully saturated rings. The minimum Gasteiger partial charge on any atom is -0.437 e. The van der Waals surface area contributed by atoms with Crippen LogP contribution in [0, 0.1) is 5.82 Å². The maximum absolute atomic E-state index is 12.8. The summed E-state index contributed by atoms with van der Waals surface area (Å²) < 4.78 is 18.4. The van der Waals surface area contributed by atoms with Gasteiger partial charge in [0.2, 0.25) is 5.78 Å². The smallest absolute Gasteiger partial charge is 0.228 e. The summed E-state index contributed by atoms with van der Waals surface area (Å²) in [4.78, 5) is 14.3. The Labute approximate surface area is 110 Å². The monoisotopic (exact) mass is 259 g/mol. The highest BCUT2D eigenvalue weighted by molar-refractivity contribution is 6.07. The number of carbonyl (C=O) groups is 1. The normalized spacial score (nSPS) is 14.9. The van der Waals surface area contributed by atoms with Gasteiger partial charge in [0.05, 0.1) is 0 Å². The fraction of sp³-hybridized carbons (Fsp3) is 0.267. The zero-order chi connectivity index (χ0) is 13.2. The third kappa shape index (κ3) is 2.38. The maximum Gasteiger partial charge on any atom is 0.228 e. The number of anilines is 1. The van der Waals surface area contributed by atoms with Gasteiger partial charge in [-0.25, -0.2) is 4.39 Å². The molecule has 98 valence electrons. The fourth-order valence-corrected chi connectivity index (χ4v) is 2.30. The average molecular weight is 259 g/mol. The fourth-order valence-electron chi connectivity index (χ4n) is 2.30. The van der Waals surface area contributed by atoms with Gasteiger partial charge >= 0.3 is 0 Å². The van der Waals surface area contributed by atoms with Crippen molar-refractivity contribution in [2.45, 2.75) is 12.8 Å². The Balaban J connectivity index is 1.82. The Bertz CT molecular complexity index is 582. The molecule has 19 heavy (non-hydrogen) atoms. The van der Waals surface area contributed by atoms with E-state index in [0.717, 1.165) is 31.8 Å². The molecule has 1 aromatic heterocycles. The molecular weight excluding hydrogens is 245 g/mol. The van der Waals surface area contributed by atoms with E-state index in [4.69, 9.17) is 4.42 Å². The molecule has 0 spiro atoms. The molecule has 1 saturated heterocycles. The van der Waals surface area contributed by atoms with E-state index in [1.807, 2.05) is 6.07 Å². The van der Waals surface area contributed by atoms with Crippen molar-refractivity contribution in [3.8, 4) is 0 Å². The summed E-state index contributed by atoms with van der Waals surface area (Å²) in [6.07, 6.45) is 2.31. The highest BCUT2D eigenvalue weighted by Crippen LogP contribution is 2.24. The number of nitrogens with zero attached hydrogens (tertiary/aromatic N) is 1. The van der Waals surface area contributed by atoms with Crippen molar-refractivity contribution in [2.24, 2.45) is 0 Å². The molecule has 0 aliphatic carbocycles. The van der Waals surface area contributed by atoms with E-state index < -0.39 is 0 Å². The Morgan fingerprint density at radius 3 is 2.42 bits per heavy atom. The van der Waals surface area contributed by atoms with Gasteiger partial charge in [-0.3, -0.25) is 4.79 Å². The van der Waals surface area contributed by atoms with Crippen LogP contribution in [0.15, 0.2) is 40.8 Å². The third-order valence-corrected chi connectivity index (χ3v) is 3.34. The van der Waals surface area contributed by atoms with Crippen LogP contribution in [-0.4, -0.2) is 18.9 Å². The van der Waals surface area contributed by atoms with Gasteiger partial charge in [-0.2, -0.15) is 0 Å². The van der Waals surface area contributed by atoms with E-state index in [-0.39, 0.29) is 11.6 Å². The van der Waals surface area contributed by atoms with Gasteiger partial charge in [-0.1, -0.05) is 0 Å². The van der Waals surface area contributed by atoms with Gasteiger partial charge in [0.15, 0.2) is 11.6 Å². The first-order valence-corrected chi connectivity index (χ1v) is 6.39. The third-order valence-electron chi connectivity index (χ3n) is 3.34. The largest absolute Gasteiger partial charge is 0.437 e. The van der Waals surface area contributed by atoms with Crippen molar-refractivity contribution in [3.63, 3.8) is 0 Å². The van der Waals surface area contributed by atoms with Crippen molar-refractivity contribution in [1.29, 1.82) is 0 Å². The number of halogens is 1. The molecule has 0 bridgehead atoms. The first-order valence-electron chi connectivity index (χ1n) is 6.39. The molecule has 3 nitrogen and oxygen atoms in total. The van der Waals surface area contributed by atoms with Crippen LogP contribution in [0.2, 0.25) is 0 Å². The first kappa shape index (κ1) is 12.0. The molecule has 4 heteroatoms. The molecular formula is C15H14FNO2. The summed E-state index contributed by atoms with van der Waals surface area (Å²) in [6, 6.07) is 8.99. The lowest BCUT2D eigenvalue weighted by Crippen LogP contribution is -2.16. The zero-order valence-corrected chi connectivity index (χ0v) is 10.4. The van der Waals surface area contributed by atoms with E-state index >= 15 is 0 Å². The number of furan rings is 1. The van der Waals surface area contributed by atoms with Crippen LogP contribution in [0.3, 0.4) is 0 Å². The Hall–Kier alpha value is -2.10. The van der Waals surface area contributed by atoms with Gasteiger partial charge in [-0.05, 0) is 43.2 Å². The number of hydrogen-bond donors (Lipinski definition) is 0. The van der Waals surface area contributed by atoms with Crippen LogP contribution in [0.5, 0.6) is 0 Å². The molecule has 1 aromatic carbocycles. The van der Waals surface area contributed by atoms with Crippen LogP contribution in [0.4, 0.5) is 10.3 Å². The second kappa shape index (κ2) is 4.88. The zero-order valence-electron chi connectivity index (χ0n) is 10.4. The SMILES string of the molecule is O=C(c1ccc(F)cc1)c1ccc(N2CCCC2)o1. The van der Waals surface area contributed by atoms with Gasteiger partial charge < -0.3 is 9.32 Å². The summed E-state index contributed by atoms with van der Waals surface area (Å²) >= 11 is 0. The van der Waals surface area contributed by atoms with Gasteiger partial charge in [0.1, 0.15) is 5.82 Å². The lowest BCUT2D eigenvalue weighted by molar-refractivity contribution is 0.101. The summed E-state index contributed by atoms with van der Waals surface area (Å²) in [6.45, 7) is 1.94. The van der Waals surface area contributed by atoms with Crippen molar-refractivity contribution < 1.29 is 13.6 Å². The molecule has 0 saturated carbocycles. The predicted octanol–water partition coefficient (Wildman–Crippen LogP) is 3.25. The maximum atomic E-state index is 12.8. The molecule has 2 heterocycles. The quantitative estimate of drug-likeness (QED) is 0.793. The van der Waals surface area contributed by atoms with E-state index in [0.29, 0.717) is 11.3 Å². The Kier molecular flexibility index (Phi) is 3.07. The molecule has 0 atom stereocenters. The number of benzene rings is 1. The van der Waals surface area contributed by atoms with E-state index in [9.17, 15) is 9.18 Å². The van der Waals surface area contributed by atoms with Gasteiger partial charge in [-0.15, -0.1) is 0 Å². The average Bonchev–Trinajstić information content (AvgIpc) is 3.10. The van der Waals surface area contributed by atoms with Crippen LogP contribution in [0.1, 0.15) is 29.0 Å². The molecule has 0 N–H and O–H groups in total. The molecule has 0 amide bonds. The topological polar surface area (TPSA) is 33.5 Å². The minimum absolute atomic E-state index is 0.217. The van der Waals surface area contributed by atoms with Crippen molar-refractivity contribution in [3.05, 3.63) is 53.5 Å². The van der Waals surface area contributed by atoms with Crippen LogP contribution in [0.25, 0.3) is 0 Å². The summed E-state index contributed by atoms with van der Waals surface area (Å²) in [5.41, 5.74) is 0.434. The van der Waals surface area contributed by atoms with E-state index in [2.05, 4.69) is 4.90 Å². The Morgan fingerprint density at radius 2 is 1.74 bits per heavy atom. The predicted molar refractivity (Wildman–Crippen MR) is 70.0 cm³/mol. The summed E-state index contributed by atoms with van der Waals surface area (Å²) in [5, 5.41) is 0. The summed E-state index contributed by atoms with van der Waals surface area (Å²) in [7, 11) is 0. The molecule has 0 unspecified atom stereocenters. The van der Waals surface area contributed by atoms with Gasteiger partial charge in [0, 0.05) is 24.7 Å². The summed E-state index contributed by atoms with van der Waals surface area (Å²) in [5.74, 6) is 0.468. The molecule has 1 aliphatic rings. The number of carbonyl (C=O) groups excluding carboxylic acids is 1. The van der Waals surface area contributed by atoms with Crippen molar-refractivity contribution in [1.82, 2.24) is 0 Å². The van der Waals surface area contributed by atoms with Crippen LogP contribution >= 0.6 is 0 Å². The van der Waals surface area contributed by atoms with Gasteiger partial charge in [0.25, 0.3) is 0 Å². The first-order chi connectivity index (χ1) is 9.24. The highest BCUT2D eigenvalue weighted by atomic mass is 19.1. The van der Waals surface area contributed by atoms with E-state index in [1.54, 1.807) is 6.07 Å². The standard InChI is InChI=1S/C15H14FNO2/c16-12-5-3-11(4-6-12)15(18)13-7-8-14(19-13)17-9-1-2-10-17/h3-8H,1-2,9-10H2. The molecule has 3 rings (SSSR count). The number of hydrogen-bond acceptors (Lipinski definition) is 3. The van der Waals surface area contributed by atoms with Crippen molar-refractivity contribution >= 4 is 11.7 Å². The van der Waals surface area contributed by atoms with E-state index in [1.165, 1.54) is 24.3 Å². The number of rotatable bonds is 3. The van der Waals surface area contributed by atoms with Crippen LogP contribution < -0.4 is 4.90 Å². The minimum atomic E-state index is -0.353. The van der Waals surface area contributed by atoms with Crippen LogP contribution in [-0.2, 0) is 0 Å². The Morgan fingerprint density at radius 1 is 1.05 bits per heavy atom. The molecule has 1 aliphatic heterocycles. The second-order valence-corrected chi connectivity index (χ2v) is 4.67. The lowest BCUT2D eigenvalue weighted by atomic mass is 10.1. The molecule has 2 aromatic rings.